The lowest BCUT2D eigenvalue weighted by molar-refractivity contribution is -0.503. The molecule has 2 saturated carbocycles. The second kappa shape index (κ2) is 7.26. The van der Waals surface area contributed by atoms with Crippen LogP contribution in [0.15, 0.2) is 0 Å². The number of hydrogen-bond acceptors (Lipinski definition) is 0. The largest absolute Gasteiger partial charge is 0.378 e. The standard InChI is InChI=1S/C18H20F14/c1-3-5-7-11(8-6-4-2)9-10(13(21,22)16(27,28)15(11,25)26)14(23,24)18(31,32)17(29,30)12(9,19)20/h9-10H,3-8H2,1-2H3. The van der Waals surface area contributed by atoms with Crippen molar-refractivity contribution in [2.45, 2.75) is 93.8 Å². The fourth-order valence-corrected chi connectivity index (χ4v) is 4.98. The minimum atomic E-state index is -7.22. The van der Waals surface area contributed by atoms with Crippen molar-refractivity contribution in [2.24, 2.45) is 17.3 Å². The number of hydrogen-bond donors (Lipinski definition) is 0. The summed E-state index contributed by atoms with van der Waals surface area (Å²) in [5, 5.41) is 0. The number of halogens is 14. The van der Waals surface area contributed by atoms with Crippen molar-refractivity contribution in [3.05, 3.63) is 0 Å². The molecule has 0 heterocycles. The van der Waals surface area contributed by atoms with Crippen LogP contribution in [0.25, 0.3) is 0 Å². The van der Waals surface area contributed by atoms with Gasteiger partial charge in [0.15, 0.2) is 0 Å². The Morgan fingerprint density at radius 1 is 0.438 bits per heavy atom. The summed E-state index contributed by atoms with van der Waals surface area (Å²) in [6.07, 6.45) is -4.97. The molecule has 190 valence electrons. The summed E-state index contributed by atoms with van der Waals surface area (Å²) in [5.74, 6) is -57.4. The predicted molar refractivity (Wildman–Crippen MR) is 83.1 cm³/mol. The number of alkyl halides is 14. The third-order valence-corrected chi connectivity index (χ3v) is 6.72. The molecule has 2 aliphatic carbocycles. The summed E-state index contributed by atoms with van der Waals surface area (Å²) in [4.78, 5) is 0. The van der Waals surface area contributed by atoms with Crippen molar-refractivity contribution in [2.75, 3.05) is 0 Å². The first-order chi connectivity index (χ1) is 14.1. The van der Waals surface area contributed by atoms with Crippen LogP contribution in [0.2, 0.25) is 0 Å². The average molecular weight is 502 g/mol. The zero-order valence-electron chi connectivity index (χ0n) is 16.7. The first-order valence-electron chi connectivity index (χ1n) is 9.76. The predicted octanol–water partition coefficient (Wildman–Crippen LogP) is 8.06. The fourth-order valence-electron chi connectivity index (χ4n) is 4.98. The number of unbranched alkanes of at least 4 members (excludes halogenated alkanes) is 2. The van der Waals surface area contributed by atoms with Crippen LogP contribution in [0, 0.1) is 17.3 Å². The van der Waals surface area contributed by atoms with E-state index in [0.29, 0.717) is 0 Å². The quantitative estimate of drug-likeness (QED) is 0.323. The zero-order valence-corrected chi connectivity index (χ0v) is 16.7. The summed E-state index contributed by atoms with van der Waals surface area (Å²) in [5.41, 5.74) is -4.23. The lowest BCUT2D eigenvalue weighted by atomic mass is 9.47. The Balaban J connectivity index is 3.06. The highest BCUT2D eigenvalue weighted by Crippen LogP contribution is 2.78. The van der Waals surface area contributed by atoms with Crippen molar-refractivity contribution in [3.63, 3.8) is 0 Å². The van der Waals surface area contributed by atoms with Crippen molar-refractivity contribution in [1.29, 1.82) is 0 Å². The Bertz CT molecular complexity index is 694. The molecule has 0 aromatic carbocycles. The minimum Gasteiger partial charge on any atom is -0.199 e. The van der Waals surface area contributed by atoms with Gasteiger partial charge in [-0.1, -0.05) is 39.5 Å². The molecule has 2 unspecified atom stereocenters. The molecule has 2 fully saturated rings. The molecule has 2 rings (SSSR count). The molecule has 0 aromatic rings. The zero-order chi connectivity index (χ0) is 25.4. The molecule has 0 aromatic heterocycles. The van der Waals surface area contributed by atoms with Gasteiger partial charge in [-0.2, -0.15) is 61.5 Å². The van der Waals surface area contributed by atoms with E-state index in [1.54, 1.807) is 0 Å². The maximum atomic E-state index is 15.0. The van der Waals surface area contributed by atoms with Crippen molar-refractivity contribution >= 4 is 0 Å². The van der Waals surface area contributed by atoms with Crippen LogP contribution in [-0.4, -0.2) is 41.5 Å². The van der Waals surface area contributed by atoms with E-state index in [1.807, 2.05) is 0 Å². The van der Waals surface area contributed by atoms with Crippen molar-refractivity contribution < 1.29 is 61.5 Å². The smallest absolute Gasteiger partial charge is 0.199 e. The Hall–Kier alpha value is -0.980. The molecule has 2 atom stereocenters. The lowest BCUT2D eigenvalue weighted by Crippen LogP contribution is -2.85. The van der Waals surface area contributed by atoms with Gasteiger partial charge in [0.25, 0.3) is 0 Å². The van der Waals surface area contributed by atoms with Crippen LogP contribution in [0.3, 0.4) is 0 Å². The highest BCUT2D eigenvalue weighted by Gasteiger charge is 3.00. The molecule has 0 amide bonds. The third-order valence-electron chi connectivity index (χ3n) is 6.72. The molecular weight excluding hydrogens is 482 g/mol. The van der Waals surface area contributed by atoms with Gasteiger partial charge in [0.2, 0.25) is 0 Å². The first kappa shape index (κ1) is 27.3. The maximum Gasteiger partial charge on any atom is 0.378 e. The molecule has 14 heteroatoms. The summed E-state index contributed by atoms with van der Waals surface area (Å²) >= 11 is 0. The Labute approximate surface area is 173 Å². The van der Waals surface area contributed by atoms with Gasteiger partial charge in [0, 0.05) is 0 Å². The van der Waals surface area contributed by atoms with E-state index in [-0.39, 0.29) is 12.8 Å². The van der Waals surface area contributed by atoms with Crippen LogP contribution >= 0.6 is 0 Å². The van der Waals surface area contributed by atoms with Crippen LogP contribution in [0.4, 0.5) is 61.5 Å². The molecule has 0 aliphatic heterocycles. The Morgan fingerprint density at radius 2 is 0.719 bits per heavy atom. The van der Waals surface area contributed by atoms with Gasteiger partial charge in [0.1, 0.15) is 5.92 Å². The Morgan fingerprint density at radius 3 is 1.03 bits per heavy atom. The molecular formula is C18H20F14. The molecule has 2 aliphatic rings. The second-order valence-electron chi connectivity index (χ2n) is 8.49. The number of fused-ring (bicyclic) bond motifs is 1. The van der Waals surface area contributed by atoms with E-state index >= 15 is 8.78 Å². The van der Waals surface area contributed by atoms with E-state index in [0.717, 1.165) is 0 Å². The van der Waals surface area contributed by atoms with E-state index in [4.69, 9.17) is 0 Å². The van der Waals surface area contributed by atoms with Gasteiger partial charge in [-0.15, -0.1) is 0 Å². The molecule has 0 saturated heterocycles. The lowest BCUT2D eigenvalue weighted by Gasteiger charge is -2.64. The van der Waals surface area contributed by atoms with Crippen molar-refractivity contribution in [3.8, 4) is 0 Å². The summed E-state index contributed by atoms with van der Waals surface area (Å²) in [6, 6.07) is 0. The van der Waals surface area contributed by atoms with Crippen LogP contribution < -0.4 is 0 Å². The van der Waals surface area contributed by atoms with Gasteiger partial charge in [-0.05, 0) is 12.8 Å². The molecule has 32 heavy (non-hydrogen) atoms. The monoisotopic (exact) mass is 502 g/mol. The van der Waals surface area contributed by atoms with E-state index in [2.05, 4.69) is 0 Å². The topological polar surface area (TPSA) is 0 Å². The number of rotatable bonds is 6. The summed E-state index contributed by atoms with van der Waals surface area (Å²) < 4.78 is 202. The Kier molecular flexibility index (Phi) is 6.18. The average Bonchev–Trinajstić information content (AvgIpc) is 2.63. The highest BCUT2D eigenvalue weighted by atomic mass is 19.4. The van der Waals surface area contributed by atoms with E-state index in [9.17, 15) is 52.7 Å². The maximum absolute atomic E-state index is 15.0. The summed E-state index contributed by atoms with van der Waals surface area (Å²) in [7, 11) is 0. The van der Waals surface area contributed by atoms with E-state index in [1.165, 1.54) is 13.8 Å². The van der Waals surface area contributed by atoms with Crippen LogP contribution in [0.1, 0.15) is 52.4 Å². The second-order valence-corrected chi connectivity index (χ2v) is 8.49. The minimum absolute atomic E-state index is 0.224. The van der Waals surface area contributed by atoms with Gasteiger partial charge >= 0.3 is 41.5 Å². The highest BCUT2D eigenvalue weighted by molar-refractivity contribution is 5.28. The SMILES string of the molecule is CCCCC1(CCCC)C2C(C(F)(F)C(F)(F)C(F)(F)C2(F)F)C(F)(F)C(F)(F)C1(F)F. The van der Waals surface area contributed by atoms with Crippen molar-refractivity contribution in [1.82, 2.24) is 0 Å². The fraction of sp³-hybridized carbons (Fsp3) is 1.00. The van der Waals surface area contributed by atoms with Crippen LogP contribution in [0.5, 0.6) is 0 Å². The molecule has 0 radical (unpaired) electrons. The first-order valence-corrected chi connectivity index (χ1v) is 9.76. The van der Waals surface area contributed by atoms with E-state index < -0.39 is 84.4 Å². The normalized spacial score (nSPS) is 34.5. The molecule has 0 N–H and O–H groups in total. The summed E-state index contributed by atoms with van der Waals surface area (Å²) in [6.45, 7) is 2.43. The van der Waals surface area contributed by atoms with Crippen LogP contribution in [-0.2, 0) is 0 Å². The molecule has 0 spiro atoms. The molecule has 0 bridgehead atoms. The van der Waals surface area contributed by atoms with Gasteiger partial charge < -0.3 is 0 Å². The van der Waals surface area contributed by atoms with Gasteiger partial charge in [0.05, 0.1) is 11.3 Å². The van der Waals surface area contributed by atoms with Gasteiger partial charge in [-0.25, -0.2) is 0 Å². The molecule has 0 nitrogen and oxygen atoms in total. The third kappa shape index (κ3) is 2.75. The van der Waals surface area contributed by atoms with Gasteiger partial charge in [-0.3, -0.25) is 0 Å².